The fourth-order valence-electron chi connectivity index (χ4n) is 2.06. The maximum absolute atomic E-state index is 11.1. The lowest BCUT2D eigenvalue weighted by Gasteiger charge is -2.06. The van der Waals surface area contributed by atoms with Crippen molar-refractivity contribution in [3.63, 3.8) is 0 Å². The Bertz CT molecular complexity index is 552. The highest BCUT2D eigenvalue weighted by Gasteiger charge is 2.08. The second kappa shape index (κ2) is 7.75. The molecule has 0 aromatic heterocycles. The smallest absolute Gasteiger partial charge is 0.335 e. The van der Waals surface area contributed by atoms with Crippen molar-refractivity contribution >= 4 is 17.7 Å². The molecular formula is C17H18O2S. The van der Waals surface area contributed by atoms with Gasteiger partial charge in [0.15, 0.2) is 0 Å². The van der Waals surface area contributed by atoms with Gasteiger partial charge in [-0.3, -0.25) is 0 Å². The molecular weight excluding hydrogens is 268 g/mol. The van der Waals surface area contributed by atoms with Crippen LogP contribution >= 0.6 is 11.8 Å². The molecule has 0 saturated carbocycles. The highest BCUT2D eigenvalue weighted by Crippen LogP contribution is 2.18. The lowest BCUT2D eigenvalue weighted by molar-refractivity contribution is 0.0696. The minimum absolute atomic E-state index is 0.419. The maximum atomic E-state index is 11.1. The summed E-state index contributed by atoms with van der Waals surface area (Å²) >= 11 is 1.79. The van der Waals surface area contributed by atoms with Gasteiger partial charge < -0.3 is 5.11 Å². The zero-order valence-corrected chi connectivity index (χ0v) is 12.1. The molecule has 3 heteroatoms. The van der Waals surface area contributed by atoms with Crippen molar-refractivity contribution in [3.8, 4) is 0 Å². The number of hydrogen-bond acceptors (Lipinski definition) is 2. The maximum Gasteiger partial charge on any atom is 0.335 e. The summed E-state index contributed by atoms with van der Waals surface area (Å²) in [6.45, 7) is 0. The summed E-state index contributed by atoms with van der Waals surface area (Å²) in [5.41, 5.74) is 2.69. The van der Waals surface area contributed by atoms with Crippen LogP contribution in [0.2, 0.25) is 0 Å². The Morgan fingerprint density at radius 3 is 2.45 bits per heavy atom. The zero-order chi connectivity index (χ0) is 14.2. The summed E-state index contributed by atoms with van der Waals surface area (Å²) in [5.74, 6) is 0.964. The molecule has 0 amide bonds. The molecule has 0 aliphatic carbocycles. The molecule has 0 fully saturated rings. The molecule has 2 rings (SSSR count). The fraction of sp³-hybridized carbons (Fsp3) is 0.235. The van der Waals surface area contributed by atoms with Crippen LogP contribution in [0.5, 0.6) is 0 Å². The summed E-state index contributed by atoms with van der Waals surface area (Å²) < 4.78 is 0. The van der Waals surface area contributed by atoms with Crippen molar-refractivity contribution in [2.75, 3.05) is 5.75 Å². The van der Waals surface area contributed by atoms with E-state index in [4.69, 9.17) is 5.11 Å². The van der Waals surface area contributed by atoms with Gasteiger partial charge in [0, 0.05) is 5.75 Å². The van der Waals surface area contributed by atoms with E-state index < -0.39 is 5.97 Å². The molecule has 0 unspecified atom stereocenters. The van der Waals surface area contributed by atoms with Crippen molar-refractivity contribution in [1.29, 1.82) is 0 Å². The van der Waals surface area contributed by atoms with E-state index in [1.807, 2.05) is 18.2 Å². The average molecular weight is 286 g/mol. The van der Waals surface area contributed by atoms with Gasteiger partial charge >= 0.3 is 5.97 Å². The molecule has 0 spiro atoms. The van der Waals surface area contributed by atoms with E-state index in [9.17, 15) is 4.79 Å². The Morgan fingerprint density at radius 2 is 1.70 bits per heavy atom. The standard InChI is InChI=1S/C17H18O2S/c18-17(19)16-11-5-4-10-15(16)13-20-12-6-9-14-7-2-1-3-8-14/h1-5,7-8,10-11H,6,9,12-13H2,(H,18,19). The number of rotatable bonds is 7. The zero-order valence-electron chi connectivity index (χ0n) is 11.3. The van der Waals surface area contributed by atoms with Gasteiger partial charge in [-0.2, -0.15) is 11.8 Å². The first kappa shape index (κ1) is 14.7. The van der Waals surface area contributed by atoms with E-state index in [1.165, 1.54) is 5.56 Å². The largest absolute Gasteiger partial charge is 0.478 e. The second-order valence-electron chi connectivity index (χ2n) is 4.60. The second-order valence-corrected chi connectivity index (χ2v) is 5.71. The molecule has 2 nitrogen and oxygen atoms in total. The van der Waals surface area contributed by atoms with Gasteiger partial charge in [-0.1, -0.05) is 48.5 Å². The number of carboxylic acid groups (broad SMARTS) is 1. The number of carboxylic acids is 1. The first-order chi connectivity index (χ1) is 9.77. The lowest BCUT2D eigenvalue weighted by atomic mass is 10.1. The molecule has 0 bridgehead atoms. The number of thioether (sulfide) groups is 1. The Kier molecular flexibility index (Phi) is 5.69. The predicted octanol–water partition coefficient (Wildman–Crippen LogP) is 4.25. The highest BCUT2D eigenvalue weighted by atomic mass is 32.2. The van der Waals surface area contributed by atoms with E-state index in [1.54, 1.807) is 23.9 Å². The van der Waals surface area contributed by atoms with Gasteiger partial charge in [0.1, 0.15) is 0 Å². The third kappa shape index (κ3) is 4.42. The van der Waals surface area contributed by atoms with E-state index in [0.29, 0.717) is 5.56 Å². The van der Waals surface area contributed by atoms with Gasteiger partial charge in [0.2, 0.25) is 0 Å². The molecule has 0 heterocycles. The van der Waals surface area contributed by atoms with E-state index >= 15 is 0 Å². The summed E-state index contributed by atoms with van der Waals surface area (Å²) in [5, 5.41) is 9.11. The molecule has 0 saturated heterocycles. The number of hydrogen-bond donors (Lipinski definition) is 1. The monoisotopic (exact) mass is 286 g/mol. The van der Waals surface area contributed by atoms with Crippen molar-refractivity contribution in [1.82, 2.24) is 0 Å². The van der Waals surface area contributed by atoms with Crippen LogP contribution in [-0.4, -0.2) is 16.8 Å². The molecule has 0 radical (unpaired) electrons. The Balaban J connectivity index is 1.75. The van der Waals surface area contributed by atoms with Gasteiger partial charge in [0.05, 0.1) is 5.56 Å². The topological polar surface area (TPSA) is 37.3 Å². The van der Waals surface area contributed by atoms with Crippen LogP contribution in [-0.2, 0) is 12.2 Å². The summed E-state index contributed by atoms with van der Waals surface area (Å²) in [4.78, 5) is 11.1. The average Bonchev–Trinajstić information content (AvgIpc) is 2.48. The summed E-state index contributed by atoms with van der Waals surface area (Å²) in [7, 11) is 0. The molecule has 20 heavy (non-hydrogen) atoms. The molecule has 104 valence electrons. The van der Waals surface area contributed by atoms with Crippen LogP contribution < -0.4 is 0 Å². The van der Waals surface area contributed by atoms with Crippen LogP contribution in [0.15, 0.2) is 54.6 Å². The number of benzene rings is 2. The molecule has 2 aromatic carbocycles. The van der Waals surface area contributed by atoms with Crippen molar-refractivity contribution < 1.29 is 9.90 Å². The lowest BCUT2D eigenvalue weighted by Crippen LogP contribution is -2.01. The van der Waals surface area contributed by atoms with Crippen LogP contribution in [0.4, 0.5) is 0 Å². The van der Waals surface area contributed by atoms with Crippen molar-refractivity contribution in [3.05, 3.63) is 71.3 Å². The first-order valence-corrected chi connectivity index (χ1v) is 7.85. The Hall–Kier alpha value is -1.74. The van der Waals surface area contributed by atoms with Gasteiger partial charge in [-0.05, 0) is 35.8 Å². The molecule has 0 atom stereocenters. The van der Waals surface area contributed by atoms with Crippen LogP contribution in [0.1, 0.15) is 27.9 Å². The Morgan fingerprint density at radius 1 is 1.00 bits per heavy atom. The summed E-state index contributed by atoms with van der Waals surface area (Å²) in [6, 6.07) is 17.7. The summed E-state index contributed by atoms with van der Waals surface area (Å²) in [6.07, 6.45) is 2.19. The van der Waals surface area contributed by atoms with Crippen molar-refractivity contribution in [2.24, 2.45) is 0 Å². The fourth-order valence-corrected chi connectivity index (χ4v) is 3.02. The number of aromatic carboxylic acids is 1. The van der Waals surface area contributed by atoms with Crippen molar-refractivity contribution in [2.45, 2.75) is 18.6 Å². The molecule has 1 N–H and O–H groups in total. The minimum atomic E-state index is -0.842. The number of aryl methyl sites for hydroxylation is 1. The predicted molar refractivity (Wildman–Crippen MR) is 84.3 cm³/mol. The number of carbonyl (C=O) groups is 1. The highest BCUT2D eigenvalue weighted by molar-refractivity contribution is 7.98. The molecule has 0 aliphatic heterocycles. The van der Waals surface area contributed by atoms with E-state index in [2.05, 4.69) is 24.3 Å². The third-order valence-electron chi connectivity index (χ3n) is 3.10. The van der Waals surface area contributed by atoms with Crippen LogP contribution in [0.25, 0.3) is 0 Å². The van der Waals surface area contributed by atoms with E-state index in [0.717, 1.165) is 29.9 Å². The Labute approximate surface area is 123 Å². The normalized spacial score (nSPS) is 10.4. The molecule has 2 aromatic rings. The van der Waals surface area contributed by atoms with Crippen LogP contribution in [0.3, 0.4) is 0 Å². The van der Waals surface area contributed by atoms with Gasteiger partial charge in [0.25, 0.3) is 0 Å². The van der Waals surface area contributed by atoms with Gasteiger partial charge in [-0.25, -0.2) is 4.79 Å². The third-order valence-corrected chi connectivity index (χ3v) is 4.19. The van der Waals surface area contributed by atoms with E-state index in [-0.39, 0.29) is 0 Å². The SMILES string of the molecule is O=C(O)c1ccccc1CSCCCc1ccccc1. The first-order valence-electron chi connectivity index (χ1n) is 6.70. The van der Waals surface area contributed by atoms with Gasteiger partial charge in [-0.15, -0.1) is 0 Å². The van der Waals surface area contributed by atoms with Crippen LogP contribution in [0, 0.1) is 0 Å². The molecule has 0 aliphatic rings. The quantitative estimate of drug-likeness (QED) is 0.773. The minimum Gasteiger partial charge on any atom is -0.478 e.